The van der Waals surface area contributed by atoms with Crippen molar-refractivity contribution in [2.24, 2.45) is 0 Å². The van der Waals surface area contributed by atoms with E-state index in [9.17, 15) is 14.4 Å². The minimum atomic E-state index is -0.784. The van der Waals surface area contributed by atoms with E-state index < -0.39 is 17.5 Å². The van der Waals surface area contributed by atoms with Crippen molar-refractivity contribution in [2.75, 3.05) is 13.2 Å². The molecule has 0 aliphatic rings. The van der Waals surface area contributed by atoms with Crippen molar-refractivity contribution in [3.63, 3.8) is 0 Å². The maximum Gasteiger partial charge on any atom is 0.349 e. The lowest BCUT2D eigenvalue weighted by molar-refractivity contribution is -0.128. The number of hydrogen-bond donors (Lipinski definition) is 1. The second-order valence-corrected chi connectivity index (χ2v) is 6.40. The number of nitrogens with one attached hydrogen (secondary N) is 1. The molecule has 3 aromatic rings. The Morgan fingerprint density at radius 3 is 2.55 bits per heavy atom. The third kappa shape index (κ3) is 5.70. The first-order chi connectivity index (χ1) is 15.0. The summed E-state index contributed by atoms with van der Waals surface area (Å²) >= 11 is 0. The zero-order valence-corrected chi connectivity index (χ0v) is 16.9. The van der Waals surface area contributed by atoms with Crippen LogP contribution in [-0.2, 0) is 4.79 Å². The minimum Gasteiger partial charge on any atom is -0.494 e. The molecule has 0 atom stereocenters. The van der Waals surface area contributed by atoms with Gasteiger partial charge in [-0.15, -0.1) is 6.58 Å². The fourth-order valence-corrected chi connectivity index (χ4v) is 2.73. The van der Waals surface area contributed by atoms with Crippen LogP contribution in [0.1, 0.15) is 22.8 Å². The van der Waals surface area contributed by atoms with Gasteiger partial charge in [-0.3, -0.25) is 4.79 Å². The predicted molar refractivity (Wildman–Crippen MR) is 117 cm³/mol. The second kappa shape index (κ2) is 10.1. The Hall–Kier alpha value is -4.13. The average Bonchev–Trinajstić information content (AvgIpc) is 2.76. The van der Waals surface area contributed by atoms with Gasteiger partial charge in [0.05, 0.1) is 6.61 Å². The third-order valence-electron chi connectivity index (χ3n) is 4.18. The molecule has 0 bridgehead atoms. The Morgan fingerprint density at radius 2 is 1.84 bits per heavy atom. The van der Waals surface area contributed by atoms with Crippen LogP contribution >= 0.6 is 0 Å². The van der Waals surface area contributed by atoms with E-state index in [0.717, 1.165) is 11.3 Å². The van der Waals surface area contributed by atoms with Crippen molar-refractivity contribution < 1.29 is 23.5 Å². The molecule has 1 amide bonds. The monoisotopic (exact) mass is 419 g/mol. The molecule has 1 N–H and O–H groups in total. The van der Waals surface area contributed by atoms with Gasteiger partial charge in [-0.1, -0.05) is 18.2 Å². The zero-order valence-electron chi connectivity index (χ0n) is 16.9. The number of benzene rings is 2. The number of fused-ring (bicyclic) bond motifs is 1. The fraction of sp³-hybridized carbons (Fsp3) is 0.125. The van der Waals surface area contributed by atoms with E-state index in [2.05, 4.69) is 11.9 Å². The summed E-state index contributed by atoms with van der Waals surface area (Å²) < 4.78 is 15.9. The van der Waals surface area contributed by atoms with Gasteiger partial charge in [-0.25, -0.2) is 9.59 Å². The quantitative estimate of drug-likeness (QED) is 0.197. The fourth-order valence-electron chi connectivity index (χ4n) is 2.73. The molecule has 0 radical (unpaired) electrons. The van der Waals surface area contributed by atoms with Crippen LogP contribution in [0.5, 0.6) is 11.5 Å². The number of amides is 1. The Kier molecular flexibility index (Phi) is 7.01. The van der Waals surface area contributed by atoms with E-state index in [0.29, 0.717) is 12.0 Å². The molecule has 2 aromatic carbocycles. The van der Waals surface area contributed by atoms with Crippen LogP contribution in [0.4, 0.5) is 0 Å². The molecule has 0 fully saturated rings. The van der Waals surface area contributed by atoms with E-state index in [1.54, 1.807) is 18.2 Å². The Labute approximate surface area is 178 Å². The van der Waals surface area contributed by atoms with E-state index in [1.807, 2.05) is 31.2 Å². The van der Waals surface area contributed by atoms with Crippen LogP contribution in [0.25, 0.3) is 17.0 Å². The highest BCUT2D eigenvalue weighted by molar-refractivity contribution is 5.97. The number of carbonyl (C=O) groups is 2. The Bertz CT molecular complexity index is 1190. The van der Waals surface area contributed by atoms with Gasteiger partial charge in [-0.05, 0) is 48.9 Å². The third-order valence-corrected chi connectivity index (χ3v) is 4.18. The average molecular weight is 419 g/mol. The molecule has 1 heterocycles. The summed E-state index contributed by atoms with van der Waals surface area (Å²) in [5, 5.41) is 3.05. The Balaban J connectivity index is 1.71. The molecule has 0 saturated carbocycles. The smallest absolute Gasteiger partial charge is 0.349 e. The minimum absolute atomic E-state index is 0.114. The topological polar surface area (TPSA) is 94.8 Å². The molecule has 7 nitrogen and oxygen atoms in total. The van der Waals surface area contributed by atoms with Crippen LogP contribution < -0.4 is 20.4 Å². The summed E-state index contributed by atoms with van der Waals surface area (Å²) in [5.41, 5.74) is 0.114. The number of rotatable bonds is 8. The van der Waals surface area contributed by atoms with Crippen molar-refractivity contribution in [1.29, 1.82) is 0 Å². The van der Waals surface area contributed by atoms with Gasteiger partial charge in [0.15, 0.2) is 0 Å². The summed E-state index contributed by atoms with van der Waals surface area (Å²) in [6.07, 6.45) is 4.42. The number of hydrogen-bond acceptors (Lipinski definition) is 6. The van der Waals surface area contributed by atoms with Gasteiger partial charge in [0, 0.05) is 24.1 Å². The highest BCUT2D eigenvalue weighted by atomic mass is 16.5. The summed E-state index contributed by atoms with van der Waals surface area (Å²) in [5.74, 6) is -0.177. The molecule has 0 aliphatic heterocycles. The normalized spacial score (nSPS) is 10.7. The summed E-state index contributed by atoms with van der Waals surface area (Å²) in [6.45, 7) is 6.22. The van der Waals surface area contributed by atoms with Gasteiger partial charge in [0.1, 0.15) is 22.6 Å². The first-order valence-corrected chi connectivity index (χ1v) is 9.60. The summed E-state index contributed by atoms with van der Waals surface area (Å²) in [7, 11) is 0. The largest absolute Gasteiger partial charge is 0.494 e. The van der Waals surface area contributed by atoms with Crippen LogP contribution in [0, 0.1) is 0 Å². The van der Waals surface area contributed by atoms with E-state index in [4.69, 9.17) is 13.9 Å². The molecule has 158 valence electrons. The SMILES string of the molecule is C=CCNC(=O)c1cc2ccc(OC(=O)/C=C/c3ccc(OCC)cc3)cc2oc1=O. The number of esters is 1. The highest BCUT2D eigenvalue weighted by Gasteiger charge is 2.13. The molecule has 31 heavy (non-hydrogen) atoms. The zero-order chi connectivity index (χ0) is 22.2. The van der Waals surface area contributed by atoms with Crippen LogP contribution in [0.15, 0.2) is 76.5 Å². The van der Waals surface area contributed by atoms with E-state index in [1.165, 1.54) is 24.3 Å². The van der Waals surface area contributed by atoms with Crippen molar-refractivity contribution in [1.82, 2.24) is 5.32 Å². The predicted octanol–water partition coefficient (Wildman–Crippen LogP) is 3.73. The van der Waals surface area contributed by atoms with Gasteiger partial charge in [-0.2, -0.15) is 0 Å². The lowest BCUT2D eigenvalue weighted by Crippen LogP contribution is -2.28. The molecule has 7 heteroatoms. The van der Waals surface area contributed by atoms with Gasteiger partial charge < -0.3 is 19.2 Å². The number of carbonyl (C=O) groups excluding carboxylic acids is 2. The lowest BCUT2D eigenvalue weighted by atomic mass is 10.1. The van der Waals surface area contributed by atoms with Crippen molar-refractivity contribution in [3.8, 4) is 11.5 Å². The second-order valence-electron chi connectivity index (χ2n) is 6.40. The first-order valence-electron chi connectivity index (χ1n) is 9.60. The van der Waals surface area contributed by atoms with Crippen molar-refractivity contribution in [2.45, 2.75) is 6.92 Å². The molecule has 0 unspecified atom stereocenters. The lowest BCUT2D eigenvalue weighted by Gasteiger charge is -2.05. The molecule has 3 rings (SSSR count). The molecule has 1 aromatic heterocycles. The highest BCUT2D eigenvalue weighted by Crippen LogP contribution is 2.21. The van der Waals surface area contributed by atoms with Gasteiger partial charge >= 0.3 is 11.6 Å². The molecular formula is C24H21NO6. The standard InChI is InChI=1S/C24H21NO6/c1-3-13-25-23(27)20-14-17-8-11-19(15-21(17)31-24(20)28)30-22(26)12-7-16-5-9-18(10-6-16)29-4-2/h3,5-12,14-15H,1,4,13H2,2H3,(H,25,27)/b12-7+. The molecule has 0 spiro atoms. The van der Waals surface area contributed by atoms with Crippen molar-refractivity contribution in [3.05, 3.63) is 88.8 Å². The van der Waals surface area contributed by atoms with Gasteiger partial charge in [0.2, 0.25) is 0 Å². The first kappa shape index (κ1) is 21.6. The Morgan fingerprint density at radius 1 is 1.10 bits per heavy atom. The van der Waals surface area contributed by atoms with Crippen LogP contribution in [-0.4, -0.2) is 25.0 Å². The summed E-state index contributed by atoms with van der Waals surface area (Å²) in [4.78, 5) is 36.2. The van der Waals surface area contributed by atoms with Crippen LogP contribution in [0.3, 0.4) is 0 Å². The summed E-state index contributed by atoms with van der Waals surface area (Å²) in [6, 6.07) is 13.3. The van der Waals surface area contributed by atoms with E-state index in [-0.39, 0.29) is 23.4 Å². The molecule has 0 saturated heterocycles. The van der Waals surface area contributed by atoms with E-state index >= 15 is 0 Å². The molecule has 0 aliphatic carbocycles. The molecular weight excluding hydrogens is 398 g/mol. The maximum absolute atomic E-state index is 12.1. The van der Waals surface area contributed by atoms with Crippen LogP contribution in [0.2, 0.25) is 0 Å². The maximum atomic E-state index is 12.1. The number of ether oxygens (including phenoxy) is 2. The van der Waals surface area contributed by atoms with Crippen molar-refractivity contribution >= 4 is 28.9 Å². The van der Waals surface area contributed by atoms with Gasteiger partial charge in [0.25, 0.3) is 5.91 Å².